The second-order valence-electron chi connectivity index (χ2n) is 5.60. The number of carbonyl (C=O) groups is 1. The number of methoxy groups -OCH3 is 1. The molecule has 1 atom stereocenters. The number of hydrogen-bond acceptors (Lipinski definition) is 7. The molecule has 1 unspecified atom stereocenters. The van der Waals surface area contributed by atoms with Crippen molar-refractivity contribution in [2.75, 3.05) is 24.3 Å². The summed E-state index contributed by atoms with van der Waals surface area (Å²) in [4.78, 5) is 12.4. The van der Waals surface area contributed by atoms with Crippen molar-refractivity contribution >= 4 is 39.8 Å². The Bertz CT molecular complexity index is 676. The summed E-state index contributed by atoms with van der Waals surface area (Å²) in [5.41, 5.74) is 0.661. The zero-order valence-corrected chi connectivity index (χ0v) is 15.8. The van der Waals surface area contributed by atoms with Crippen LogP contribution < -0.4 is 15.4 Å². The van der Waals surface area contributed by atoms with Gasteiger partial charge >= 0.3 is 0 Å². The molecule has 130 valence electrons. The number of nitrogens with one attached hydrogen (secondary N) is 2. The maximum Gasteiger partial charge on any atom is 0.237 e. The normalized spacial score (nSPS) is 12.0. The summed E-state index contributed by atoms with van der Waals surface area (Å²) in [6, 6.07) is 7.34. The molecule has 0 aliphatic rings. The summed E-state index contributed by atoms with van der Waals surface area (Å²) in [6.07, 6.45) is 0. The molecule has 1 aromatic heterocycles. The van der Waals surface area contributed by atoms with Crippen LogP contribution in [0.15, 0.2) is 28.6 Å². The Balaban J connectivity index is 1.92. The highest BCUT2D eigenvalue weighted by molar-refractivity contribution is 8.02. The topological polar surface area (TPSA) is 76.1 Å². The third-order valence-electron chi connectivity index (χ3n) is 3.08. The van der Waals surface area contributed by atoms with Gasteiger partial charge in [-0.05, 0) is 25.0 Å². The lowest BCUT2D eigenvalue weighted by Gasteiger charge is -2.12. The number of amides is 1. The summed E-state index contributed by atoms with van der Waals surface area (Å²) >= 11 is 2.85. The van der Waals surface area contributed by atoms with E-state index in [1.165, 1.54) is 23.1 Å². The average Bonchev–Trinajstić information content (AvgIpc) is 3.00. The quantitative estimate of drug-likeness (QED) is 0.693. The molecule has 0 fully saturated rings. The molecule has 0 saturated heterocycles. The van der Waals surface area contributed by atoms with Gasteiger partial charge in [0.1, 0.15) is 5.75 Å². The maximum atomic E-state index is 12.4. The van der Waals surface area contributed by atoms with E-state index in [2.05, 4.69) is 34.7 Å². The Labute approximate surface area is 150 Å². The lowest BCUT2D eigenvalue weighted by molar-refractivity contribution is -0.115. The molecule has 0 aliphatic heterocycles. The van der Waals surface area contributed by atoms with Gasteiger partial charge in [0.2, 0.25) is 11.0 Å². The number of ether oxygens (including phenoxy) is 1. The van der Waals surface area contributed by atoms with E-state index in [-0.39, 0.29) is 11.2 Å². The van der Waals surface area contributed by atoms with Gasteiger partial charge < -0.3 is 15.4 Å². The number of thioether (sulfide) groups is 1. The van der Waals surface area contributed by atoms with E-state index in [1.54, 1.807) is 7.11 Å². The Morgan fingerprint density at radius 2 is 2.04 bits per heavy atom. The van der Waals surface area contributed by atoms with Crippen LogP contribution >= 0.6 is 23.1 Å². The van der Waals surface area contributed by atoms with Crippen LogP contribution in [0.3, 0.4) is 0 Å². The smallest absolute Gasteiger partial charge is 0.237 e. The lowest BCUT2D eigenvalue weighted by Crippen LogP contribution is -2.22. The molecule has 6 nitrogen and oxygen atoms in total. The molecular formula is C16H22N4O2S2. The molecule has 2 aromatic rings. The zero-order valence-electron chi connectivity index (χ0n) is 14.2. The standard InChI is InChI=1S/C16H22N4O2S2/c1-10(2)9-17-15-19-20-16(24-15)23-11(3)14(21)18-12-7-5-6-8-13(12)22-4/h5-8,10-11H,9H2,1-4H3,(H,17,19)(H,18,21). The number of aromatic nitrogens is 2. The first kappa shape index (κ1) is 18.5. The monoisotopic (exact) mass is 366 g/mol. The Morgan fingerprint density at radius 1 is 1.29 bits per heavy atom. The first-order valence-corrected chi connectivity index (χ1v) is 9.37. The van der Waals surface area contributed by atoms with Crippen molar-refractivity contribution in [1.29, 1.82) is 0 Å². The van der Waals surface area contributed by atoms with Gasteiger partial charge in [0, 0.05) is 6.54 Å². The van der Waals surface area contributed by atoms with Crippen LogP contribution in [0.5, 0.6) is 5.75 Å². The van der Waals surface area contributed by atoms with Crippen molar-refractivity contribution in [3.05, 3.63) is 24.3 Å². The highest BCUT2D eigenvalue weighted by Gasteiger charge is 2.18. The number of para-hydroxylation sites is 2. The molecule has 2 N–H and O–H groups in total. The molecule has 1 amide bonds. The van der Waals surface area contributed by atoms with E-state index in [9.17, 15) is 4.79 Å². The van der Waals surface area contributed by atoms with Crippen LogP contribution in [0, 0.1) is 5.92 Å². The zero-order chi connectivity index (χ0) is 17.5. The molecule has 0 saturated carbocycles. The largest absolute Gasteiger partial charge is 0.495 e. The van der Waals surface area contributed by atoms with Crippen molar-refractivity contribution < 1.29 is 9.53 Å². The van der Waals surface area contributed by atoms with Crippen molar-refractivity contribution in [3.63, 3.8) is 0 Å². The summed E-state index contributed by atoms with van der Waals surface area (Å²) in [5, 5.41) is 14.8. The SMILES string of the molecule is COc1ccccc1NC(=O)C(C)Sc1nnc(NCC(C)C)s1. The fourth-order valence-corrected chi connectivity index (χ4v) is 3.71. The molecule has 1 heterocycles. The summed E-state index contributed by atoms with van der Waals surface area (Å²) in [6.45, 7) is 6.96. The molecule has 0 radical (unpaired) electrons. The highest BCUT2D eigenvalue weighted by Crippen LogP contribution is 2.30. The Kier molecular flexibility index (Phi) is 6.86. The Hall–Kier alpha value is -1.80. The molecule has 24 heavy (non-hydrogen) atoms. The van der Waals surface area contributed by atoms with Gasteiger partial charge in [-0.15, -0.1) is 10.2 Å². The predicted molar refractivity (Wildman–Crippen MR) is 100 cm³/mol. The van der Waals surface area contributed by atoms with Gasteiger partial charge in [-0.2, -0.15) is 0 Å². The fourth-order valence-electron chi connectivity index (χ4n) is 1.81. The third kappa shape index (κ3) is 5.38. The predicted octanol–water partition coefficient (Wildman–Crippen LogP) is 3.73. The number of rotatable bonds is 8. The minimum atomic E-state index is -0.291. The maximum absolute atomic E-state index is 12.4. The van der Waals surface area contributed by atoms with Crippen LogP contribution in [0.25, 0.3) is 0 Å². The number of carbonyl (C=O) groups excluding carboxylic acids is 1. The van der Waals surface area contributed by atoms with Crippen LogP contribution in [-0.2, 0) is 4.79 Å². The minimum Gasteiger partial charge on any atom is -0.495 e. The molecular weight excluding hydrogens is 344 g/mol. The van der Waals surface area contributed by atoms with Crippen LogP contribution in [0.4, 0.5) is 10.8 Å². The van der Waals surface area contributed by atoms with Crippen LogP contribution in [0.2, 0.25) is 0 Å². The van der Waals surface area contributed by atoms with Gasteiger partial charge in [-0.3, -0.25) is 4.79 Å². The second-order valence-corrected chi connectivity index (χ2v) is 8.16. The van der Waals surface area contributed by atoms with Crippen molar-refractivity contribution in [3.8, 4) is 5.75 Å². The van der Waals surface area contributed by atoms with E-state index in [0.717, 1.165) is 16.0 Å². The van der Waals surface area contributed by atoms with Gasteiger partial charge in [0.05, 0.1) is 18.0 Å². The minimum absolute atomic E-state index is 0.101. The van der Waals surface area contributed by atoms with E-state index < -0.39 is 0 Å². The molecule has 2 rings (SSSR count). The molecule has 0 bridgehead atoms. The van der Waals surface area contributed by atoms with Gasteiger partial charge in [0.15, 0.2) is 4.34 Å². The Morgan fingerprint density at radius 3 is 2.75 bits per heavy atom. The summed E-state index contributed by atoms with van der Waals surface area (Å²) < 4.78 is 6.01. The number of nitrogens with zero attached hydrogens (tertiary/aromatic N) is 2. The first-order valence-electron chi connectivity index (χ1n) is 7.67. The van der Waals surface area contributed by atoms with Crippen molar-refractivity contribution in [2.24, 2.45) is 5.92 Å². The average molecular weight is 367 g/mol. The lowest BCUT2D eigenvalue weighted by atomic mass is 10.2. The first-order chi connectivity index (χ1) is 11.5. The summed E-state index contributed by atoms with van der Waals surface area (Å²) in [7, 11) is 1.58. The van der Waals surface area contributed by atoms with E-state index >= 15 is 0 Å². The number of anilines is 2. The van der Waals surface area contributed by atoms with Gasteiger partial charge in [-0.1, -0.05) is 49.1 Å². The van der Waals surface area contributed by atoms with Crippen molar-refractivity contribution in [1.82, 2.24) is 10.2 Å². The summed E-state index contributed by atoms with van der Waals surface area (Å²) in [5.74, 6) is 1.08. The van der Waals surface area contributed by atoms with E-state index in [4.69, 9.17) is 4.74 Å². The third-order valence-corrected chi connectivity index (χ3v) is 5.14. The van der Waals surface area contributed by atoms with Crippen molar-refractivity contribution in [2.45, 2.75) is 30.4 Å². The number of hydrogen-bond donors (Lipinski definition) is 2. The second kappa shape index (κ2) is 8.89. The highest BCUT2D eigenvalue weighted by atomic mass is 32.2. The number of benzene rings is 1. The fraction of sp³-hybridized carbons (Fsp3) is 0.438. The molecule has 1 aromatic carbocycles. The van der Waals surface area contributed by atoms with Gasteiger partial charge in [-0.25, -0.2) is 0 Å². The van der Waals surface area contributed by atoms with Gasteiger partial charge in [0.25, 0.3) is 0 Å². The van der Waals surface area contributed by atoms with Crippen LogP contribution in [0.1, 0.15) is 20.8 Å². The van der Waals surface area contributed by atoms with E-state index in [0.29, 0.717) is 17.4 Å². The molecule has 8 heteroatoms. The molecule has 0 aliphatic carbocycles. The molecule has 0 spiro atoms. The van der Waals surface area contributed by atoms with E-state index in [1.807, 2.05) is 31.2 Å². The van der Waals surface area contributed by atoms with Crippen LogP contribution in [-0.4, -0.2) is 35.0 Å².